The molecule has 0 bridgehead atoms. The van der Waals surface area contributed by atoms with Gasteiger partial charge in [0.1, 0.15) is 5.54 Å². The summed E-state index contributed by atoms with van der Waals surface area (Å²) < 4.78 is 32.0. The van der Waals surface area contributed by atoms with Crippen molar-refractivity contribution in [2.45, 2.75) is 36.3 Å². The van der Waals surface area contributed by atoms with Crippen molar-refractivity contribution in [2.24, 2.45) is 0 Å². The molecule has 0 saturated heterocycles. The monoisotopic (exact) mass is 333 g/mol. The van der Waals surface area contributed by atoms with Crippen molar-refractivity contribution >= 4 is 27.6 Å². The highest BCUT2D eigenvalue weighted by Crippen LogP contribution is 2.36. The molecule has 0 heterocycles. The summed E-state index contributed by atoms with van der Waals surface area (Å²) in [5, 5.41) is 9.61. The fourth-order valence-corrected chi connectivity index (χ4v) is 3.89. The number of ether oxygens (including phenoxy) is 1. The van der Waals surface area contributed by atoms with Crippen LogP contribution in [0, 0.1) is 6.92 Å². The van der Waals surface area contributed by atoms with Crippen molar-refractivity contribution in [3.05, 3.63) is 28.8 Å². The molecule has 0 aliphatic heterocycles. The van der Waals surface area contributed by atoms with Gasteiger partial charge in [0.25, 0.3) is 0 Å². The van der Waals surface area contributed by atoms with Gasteiger partial charge >= 0.3 is 5.97 Å². The maximum Gasteiger partial charge on any atom is 0.325 e. The number of aryl methyl sites for hydroxylation is 1. The molecule has 1 fully saturated rings. The van der Waals surface area contributed by atoms with Crippen LogP contribution in [0.2, 0.25) is 5.02 Å². The third-order valence-electron chi connectivity index (χ3n) is 3.68. The first-order valence-electron chi connectivity index (χ1n) is 6.26. The highest BCUT2D eigenvalue weighted by Gasteiger charge is 2.53. The van der Waals surface area contributed by atoms with Gasteiger partial charge < -0.3 is 9.84 Å². The van der Waals surface area contributed by atoms with Gasteiger partial charge in [-0.05, 0) is 24.6 Å². The molecule has 0 spiro atoms. The first-order valence-corrected chi connectivity index (χ1v) is 8.13. The van der Waals surface area contributed by atoms with Crippen molar-refractivity contribution in [1.82, 2.24) is 4.72 Å². The maximum atomic E-state index is 12.3. The summed E-state index contributed by atoms with van der Waals surface area (Å²) in [6, 6.07) is 4.27. The van der Waals surface area contributed by atoms with Crippen molar-refractivity contribution in [2.75, 3.05) is 7.11 Å². The van der Waals surface area contributed by atoms with Crippen LogP contribution in [0.3, 0.4) is 0 Å². The van der Waals surface area contributed by atoms with E-state index in [9.17, 15) is 18.3 Å². The smallest absolute Gasteiger partial charge is 0.325 e. The summed E-state index contributed by atoms with van der Waals surface area (Å²) in [6.45, 7) is 1.75. The molecule has 0 atom stereocenters. The zero-order valence-corrected chi connectivity index (χ0v) is 13.2. The molecule has 1 saturated carbocycles. The van der Waals surface area contributed by atoms with Crippen LogP contribution in [0.1, 0.15) is 18.4 Å². The lowest BCUT2D eigenvalue weighted by Crippen LogP contribution is -2.64. The number of hydrogen-bond acceptors (Lipinski definition) is 4. The molecule has 116 valence electrons. The Labute approximate surface area is 128 Å². The summed E-state index contributed by atoms with van der Waals surface area (Å²) >= 11 is 5.92. The fraction of sp³-hybridized carbons (Fsp3) is 0.462. The number of rotatable bonds is 5. The lowest BCUT2D eigenvalue weighted by atomic mass is 9.75. The van der Waals surface area contributed by atoms with E-state index in [2.05, 4.69) is 4.72 Å². The standard InChI is InChI=1S/C13H16ClNO5S/c1-8-3-4-10(5-11(8)14)21(18,19)15-13(12(16)17)6-9(7-13)20-2/h3-5,9,15H,6-7H2,1-2H3,(H,16,17). The second-order valence-electron chi connectivity index (χ2n) is 5.17. The Kier molecular flexibility index (Phi) is 4.30. The number of aliphatic carboxylic acids is 1. The minimum atomic E-state index is -3.97. The van der Waals surface area contributed by atoms with E-state index < -0.39 is 21.5 Å². The Balaban J connectivity index is 2.28. The minimum Gasteiger partial charge on any atom is -0.480 e. The summed E-state index contributed by atoms with van der Waals surface area (Å²) in [5.41, 5.74) is -0.775. The zero-order chi connectivity index (χ0) is 15.8. The molecule has 1 aliphatic carbocycles. The Morgan fingerprint density at radius 1 is 1.48 bits per heavy atom. The summed E-state index contributed by atoms with van der Waals surface area (Å²) in [4.78, 5) is 11.3. The average Bonchev–Trinajstić information content (AvgIpc) is 2.36. The molecule has 1 aromatic rings. The SMILES string of the molecule is COC1CC(NS(=O)(=O)c2ccc(C)c(Cl)c2)(C(=O)O)C1. The van der Waals surface area contributed by atoms with Gasteiger partial charge in [-0.1, -0.05) is 17.7 Å². The van der Waals surface area contributed by atoms with Gasteiger partial charge in [0.2, 0.25) is 10.0 Å². The molecule has 6 nitrogen and oxygen atoms in total. The molecule has 0 amide bonds. The Hall–Kier alpha value is -1.15. The highest BCUT2D eigenvalue weighted by molar-refractivity contribution is 7.89. The molecule has 1 aromatic carbocycles. The molecule has 8 heteroatoms. The van der Waals surface area contributed by atoms with Gasteiger partial charge in [0, 0.05) is 25.0 Å². The fourth-order valence-electron chi connectivity index (χ4n) is 2.24. The lowest BCUT2D eigenvalue weighted by Gasteiger charge is -2.43. The minimum absolute atomic E-state index is 0.0559. The molecule has 0 aromatic heterocycles. The number of halogens is 1. The van der Waals surface area contributed by atoms with Gasteiger partial charge in [0.05, 0.1) is 11.0 Å². The van der Waals surface area contributed by atoms with E-state index in [0.717, 1.165) is 5.56 Å². The third kappa shape index (κ3) is 3.06. The number of carboxylic acid groups (broad SMARTS) is 1. The largest absolute Gasteiger partial charge is 0.480 e. The third-order valence-corrected chi connectivity index (χ3v) is 5.62. The molecule has 1 aliphatic rings. The molecular formula is C13H16ClNO5S. The molecular weight excluding hydrogens is 318 g/mol. The van der Waals surface area contributed by atoms with Gasteiger partial charge in [-0.2, -0.15) is 4.72 Å². The molecule has 2 rings (SSSR count). The van der Waals surface area contributed by atoms with Gasteiger partial charge in [-0.15, -0.1) is 0 Å². The van der Waals surface area contributed by atoms with E-state index in [1.165, 1.54) is 19.2 Å². The number of sulfonamides is 1. The summed E-state index contributed by atoms with van der Waals surface area (Å²) in [5.74, 6) is -1.21. The van der Waals surface area contributed by atoms with Crippen molar-refractivity contribution in [3.63, 3.8) is 0 Å². The maximum absolute atomic E-state index is 12.3. The number of benzene rings is 1. The van der Waals surface area contributed by atoms with Crippen LogP contribution in [0.4, 0.5) is 0 Å². The zero-order valence-electron chi connectivity index (χ0n) is 11.6. The van der Waals surface area contributed by atoms with E-state index in [0.29, 0.717) is 5.02 Å². The lowest BCUT2D eigenvalue weighted by molar-refractivity contribution is -0.154. The Morgan fingerprint density at radius 2 is 2.10 bits per heavy atom. The number of nitrogens with one attached hydrogen (secondary N) is 1. The number of carboxylic acids is 1. The quantitative estimate of drug-likeness (QED) is 0.853. The second kappa shape index (κ2) is 5.57. The van der Waals surface area contributed by atoms with Crippen molar-refractivity contribution < 1.29 is 23.1 Å². The van der Waals surface area contributed by atoms with Crippen LogP contribution in [0.15, 0.2) is 23.1 Å². The predicted molar refractivity (Wildman–Crippen MR) is 76.9 cm³/mol. The van der Waals surface area contributed by atoms with Gasteiger partial charge in [0.15, 0.2) is 0 Å². The number of carbonyl (C=O) groups is 1. The van der Waals surface area contributed by atoms with E-state index >= 15 is 0 Å². The molecule has 21 heavy (non-hydrogen) atoms. The van der Waals surface area contributed by atoms with Crippen LogP contribution in [0.5, 0.6) is 0 Å². The summed E-state index contributed by atoms with van der Waals surface area (Å²) in [7, 11) is -2.50. The van der Waals surface area contributed by atoms with Crippen LogP contribution in [-0.2, 0) is 19.6 Å². The molecule has 2 N–H and O–H groups in total. The average molecular weight is 334 g/mol. The summed E-state index contributed by atoms with van der Waals surface area (Å²) in [6.07, 6.45) is -0.0691. The number of methoxy groups -OCH3 is 1. The normalized spacial score (nSPS) is 25.4. The van der Waals surface area contributed by atoms with Gasteiger partial charge in [-0.3, -0.25) is 4.79 Å². The predicted octanol–water partition coefficient (Wildman–Crippen LogP) is 1.56. The Bertz CT molecular complexity index is 667. The van der Waals surface area contributed by atoms with Crippen LogP contribution >= 0.6 is 11.6 Å². The van der Waals surface area contributed by atoms with Crippen LogP contribution in [0.25, 0.3) is 0 Å². The van der Waals surface area contributed by atoms with Gasteiger partial charge in [-0.25, -0.2) is 8.42 Å². The molecule has 0 radical (unpaired) electrons. The van der Waals surface area contributed by atoms with Crippen molar-refractivity contribution in [1.29, 1.82) is 0 Å². The van der Waals surface area contributed by atoms with Crippen LogP contribution < -0.4 is 4.72 Å². The van der Waals surface area contributed by atoms with E-state index in [1.807, 2.05) is 0 Å². The van der Waals surface area contributed by atoms with Crippen molar-refractivity contribution in [3.8, 4) is 0 Å². The van der Waals surface area contributed by atoms with Crippen LogP contribution in [-0.4, -0.2) is 38.2 Å². The first-order chi connectivity index (χ1) is 9.70. The molecule has 0 unspecified atom stereocenters. The second-order valence-corrected chi connectivity index (χ2v) is 7.26. The van der Waals surface area contributed by atoms with E-state index in [4.69, 9.17) is 16.3 Å². The van der Waals surface area contributed by atoms with E-state index in [1.54, 1.807) is 13.0 Å². The highest BCUT2D eigenvalue weighted by atomic mass is 35.5. The first kappa shape index (κ1) is 16.2. The Morgan fingerprint density at radius 3 is 2.57 bits per heavy atom. The topological polar surface area (TPSA) is 92.7 Å². The van der Waals surface area contributed by atoms with E-state index in [-0.39, 0.29) is 23.8 Å². The number of hydrogen-bond donors (Lipinski definition) is 2.